The average Bonchev–Trinajstić information content (AvgIpc) is 2.87. The summed E-state index contributed by atoms with van der Waals surface area (Å²) in [5.74, 6) is -0.232. The standard InChI is InChI=1S/C15H11NO2.C5H10O2.CH4/c17-8-15-12-4-2-1-3-11(12)13-6-5-10(16-9-18)7-14(13)15;1-5(2,3)7-4-6;/h1-9,15H,(H,16,18);4H,1-3H3;1H4. The molecule has 26 heavy (non-hydrogen) atoms. The molecule has 1 unspecified atom stereocenters. The van der Waals surface area contributed by atoms with Crippen LogP contribution < -0.4 is 5.32 Å². The van der Waals surface area contributed by atoms with Crippen LogP contribution >= 0.6 is 0 Å². The quantitative estimate of drug-likeness (QED) is 0.836. The van der Waals surface area contributed by atoms with Gasteiger partial charge in [0.15, 0.2) is 0 Å². The molecule has 138 valence electrons. The highest BCUT2D eigenvalue weighted by molar-refractivity contribution is 5.89. The van der Waals surface area contributed by atoms with Crippen molar-refractivity contribution in [1.29, 1.82) is 0 Å². The SMILES string of the molecule is C.CC(C)(C)OC=O.O=CNc1ccc2c(c1)C(C=O)c1ccccc1-2. The third-order valence-corrected chi connectivity index (χ3v) is 3.74. The van der Waals surface area contributed by atoms with Crippen LogP contribution in [0.4, 0.5) is 5.69 Å². The van der Waals surface area contributed by atoms with Crippen LogP contribution in [0.1, 0.15) is 45.2 Å². The number of hydrogen-bond donors (Lipinski definition) is 1. The molecule has 0 aliphatic heterocycles. The smallest absolute Gasteiger partial charge is 0.293 e. The number of hydrogen-bond acceptors (Lipinski definition) is 4. The summed E-state index contributed by atoms with van der Waals surface area (Å²) < 4.78 is 4.55. The lowest BCUT2D eigenvalue weighted by atomic mass is 9.98. The van der Waals surface area contributed by atoms with Gasteiger partial charge in [-0.25, -0.2) is 0 Å². The van der Waals surface area contributed by atoms with E-state index in [1.54, 1.807) is 0 Å². The van der Waals surface area contributed by atoms with E-state index >= 15 is 0 Å². The van der Waals surface area contributed by atoms with Gasteiger partial charge in [-0.15, -0.1) is 0 Å². The number of carbonyl (C=O) groups excluding carboxylic acids is 3. The van der Waals surface area contributed by atoms with E-state index in [2.05, 4.69) is 10.1 Å². The molecule has 2 aromatic rings. The summed E-state index contributed by atoms with van der Waals surface area (Å²) in [6.45, 7) is 5.92. The highest BCUT2D eigenvalue weighted by Crippen LogP contribution is 2.44. The van der Waals surface area contributed by atoms with Gasteiger partial charge in [0.2, 0.25) is 6.41 Å². The van der Waals surface area contributed by atoms with Crippen molar-refractivity contribution in [2.24, 2.45) is 0 Å². The molecule has 0 radical (unpaired) electrons. The molecule has 1 atom stereocenters. The van der Waals surface area contributed by atoms with Crippen molar-refractivity contribution in [1.82, 2.24) is 0 Å². The normalized spacial score (nSPS) is 13.7. The van der Waals surface area contributed by atoms with Gasteiger partial charge in [0.1, 0.15) is 11.9 Å². The number of fused-ring (bicyclic) bond motifs is 3. The monoisotopic (exact) mass is 355 g/mol. The Hall–Kier alpha value is -2.95. The molecule has 0 heterocycles. The Morgan fingerprint density at radius 2 is 1.62 bits per heavy atom. The van der Waals surface area contributed by atoms with Crippen molar-refractivity contribution in [2.45, 2.75) is 39.7 Å². The lowest BCUT2D eigenvalue weighted by molar-refractivity contribution is -0.138. The topological polar surface area (TPSA) is 72.5 Å². The van der Waals surface area contributed by atoms with Crippen LogP contribution in [0, 0.1) is 0 Å². The summed E-state index contributed by atoms with van der Waals surface area (Å²) in [5.41, 5.74) is 4.55. The van der Waals surface area contributed by atoms with Crippen LogP contribution in [0.25, 0.3) is 11.1 Å². The molecule has 0 bridgehead atoms. The number of carbonyl (C=O) groups is 3. The van der Waals surface area contributed by atoms with Gasteiger partial charge in [0.25, 0.3) is 6.47 Å². The van der Waals surface area contributed by atoms with Crippen molar-refractivity contribution >= 4 is 24.9 Å². The molecule has 0 saturated carbocycles. The number of benzene rings is 2. The summed E-state index contributed by atoms with van der Waals surface area (Å²) in [6.07, 6.45) is 1.59. The molecule has 1 N–H and O–H groups in total. The maximum absolute atomic E-state index is 11.3. The van der Waals surface area contributed by atoms with E-state index in [4.69, 9.17) is 0 Å². The predicted octanol–water partition coefficient (Wildman–Crippen LogP) is 4.16. The summed E-state index contributed by atoms with van der Waals surface area (Å²) in [5, 5.41) is 2.61. The van der Waals surface area contributed by atoms with E-state index in [1.165, 1.54) is 0 Å². The Morgan fingerprint density at radius 3 is 2.15 bits per heavy atom. The molecule has 5 nitrogen and oxygen atoms in total. The van der Waals surface area contributed by atoms with Crippen LogP contribution in [0.15, 0.2) is 42.5 Å². The molecule has 1 amide bonds. The number of ether oxygens (including phenoxy) is 1. The van der Waals surface area contributed by atoms with E-state index in [1.807, 2.05) is 63.2 Å². The van der Waals surface area contributed by atoms with Crippen molar-refractivity contribution in [3.8, 4) is 11.1 Å². The molecule has 3 rings (SSSR count). The fourth-order valence-corrected chi connectivity index (χ4v) is 2.70. The fourth-order valence-electron chi connectivity index (χ4n) is 2.70. The molecule has 0 spiro atoms. The van der Waals surface area contributed by atoms with Crippen LogP contribution in [-0.4, -0.2) is 24.8 Å². The Balaban J connectivity index is 0.000000366. The van der Waals surface area contributed by atoms with Gasteiger partial charge in [-0.3, -0.25) is 9.59 Å². The van der Waals surface area contributed by atoms with Crippen LogP contribution in [0.2, 0.25) is 0 Å². The zero-order valence-electron chi connectivity index (χ0n) is 14.5. The Kier molecular flexibility index (Phi) is 7.26. The first-order chi connectivity index (χ1) is 11.9. The first-order valence-corrected chi connectivity index (χ1v) is 7.91. The fraction of sp³-hybridized carbons (Fsp3) is 0.286. The van der Waals surface area contributed by atoms with Gasteiger partial charge in [-0.05, 0) is 55.2 Å². The molecular formula is C21H25NO4. The third-order valence-electron chi connectivity index (χ3n) is 3.74. The predicted molar refractivity (Wildman–Crippen MR) is 103 cm³/mol. The first kappa shape index (κ1) is 21.1. The Morgan fingerprint density at radius 1 is 0.962 bits per heavy atom. The molecule has 0 aromatic heterocycles. The zero-order chi connectivity index (χ0) is 18.4. The summed E-state index contributed by atoms with van der Waals surface area (Å²) in [6, 6.07) is 13.5. The number of amides is 1. The zero-order valence-corrected chi connectivity index (χ0v) is 14.5. The molecule has 1 aliphatic carbocycles. The highest BCUT2D eigenvalue weighted by atomic mass is 16.5. The van der Waals surface area contributed by atoms with E-state index in [9.17, 15) is 14.4 Å². The average molecular weight is 355 g/mol. The van der Waals surface area contributed by atoms with Crippen molar-refractivity contribution in [2.75, 3.05) is 5.32 Å². The van der Waals surface area contributed by atoms with Crippen molar-refractivity contribution in [3.63, 3.8) is 0 Å². The van der Waals surface area contributed by atoms with Gasteiger partial charge in [-0.2, -0.15) is 0 Å². The van der Waals surface area contributed by atoms with Crippen molar-refractivity contribution in [3.05, 3.63) is 53.6 Å². The second-order valence-electron chi connectivity index (χ2n) is 6.59. The van der Waals surface area contributed by atoms with Gasteiger partial charge in [-0.1, -0.05) is 37.8 Å². The minimum absolute atomic E-state index is 0. The third kappa shape index (κ3) is 4.79. The lowest BCUT2D eigenvalue weighted by Gasteiger charge is -2.14. The number of rotatable bonds is 4. The lowest BCUT2D eigenvalue weighted by Crippen LogP contribution is -2.17. The van der Waals surface area contributed by atoms with Crippen LogP contribution in [-0.2, 0) is 19.1 Å². The number of anilines is 1. The van der Waals surface area contributed by atoms with Gasteiger partial charge in [0, 0.05) is 5.69 Å². The van der Waals surface area contributed by atoms with Gasteiger partial charge < -0.3 is 14.8 Å². The molecule has 0 fully saturated rings. The van der Waals surface area contributed by atoms with E-state index in [0.717, 1.165) is 28.5 Å². The molecule has 1 aliphatic rings. The van der Waals surface area contributed by atoms with E-state index in [0.29, 0.717) is 18.6 Å². The second kappa shape index (κ2) is 8.94. The molecule has 0 saturated heterocycles. The summed E-state index contributed by atoms with van der Waals surface area (Å²) in [7, 11) is 0. The van der Waals surface area contributed by atoms with E-state index in [-0.39, 0.29) is 18.9 Å². The van der Waals surface area contributed by atoms with E-state index < -0.39 is 0 Å². The Labute approximate surface area is 154 Å². The maximum atomic E-state index is 11.3. The number of aldehydes is 1. The van der Waals surface area contributed by atoms with Gasteiger partial charge >= 0.3 is 0 Å². The summed E-state index contributed by atoms with van der Waals surface area (Å²) in [4.78, 5) is 31.4. The van der Waals surface area contributed by atoms with Crippen molar-refractivity contribution < 1.29 is 19.1 Å². The molecule has 5 heteroatoms. The van der Waals surface area contributed by atoms with Crippen LogP contribution in [0.5, 0.6) is 0 Å². The molecular weight excluding hydrogens is 330 g/mol. The maximum Gasteiger partial charge on any atom is 0.293 e. The summed E-state index contributed by atoms with van der Waals surface area (Å²) >= 11 is 0. The van der Waals surface area contributed by atoms with Gasteiger partial charge in [0.05, 0.1) is 5.92 Å². The minimum Gasteiger partial charge on any atom is -0.462 e. The largest absolute Gasteiger partial charge is 0.462 e. The molecule has 2 aromatic carbocycles. The highest BCUT2D eigenvalue weighted by Gasteiger charge is 2.27. The Bertz CT molecular complexity index is 778. The number of nitrogens with one attached hydrogen (secondary N) is 1. The van der Waals surface area contributed by atoms with Crippen LogP contribution in [0.3, 0.4) is 0 Å². The second-order valence-corrected chi connectivity index (χ2v) is 6.59. The first-order valence-electron chi connectivity index (χ1n) is 7.91. The minimum atomic E-state index is -0.318.